The van der Waals surface area contributed by atoms with E-state index in [4.69, 9.17) is 11.5 Å². The highest BCUT2D eigenvalue weighted by atomic mass is 16.3. The average molecular weight is 193 g/mol. The molecule has 74 valence electrons. The number of hydrogen-bond donors (Lipinski definition) is 4. The molecule has 0 heterocycles. The molecule has 1 rings (SSSR count). The fourth-order valence-electron chi connectivity index (χ4n) is 1.02. The number of aromatic hydroxyl groups is 3. The molecule has 0 radical (unpaired) electrons. The first-order chi connectivity index (χ1) is 6.66. The van der Waals surface area contributed by atoms with Crippen LogP contribution in [-0.2, 0) is 6.54 Å². The lowest BCUT2D eigenvalue weighted by molar-refractivity contribution is 0.364. The van der Waals surface area contributed by atoms with Crippen molar-refractivity contribution in [1.82, 2.24) is 5.32 Å². The highest BCUT2D eigenvalue weighted by molar-refractivity contribution is 5.52. The Bertz CT molecular complexity index is 368. The largest absolute Gasteiger partial charge is 0.504 e. The zero-order valence-corrected chi connectivity index (χ0v) is 7.49. The molecule has 0 fully saturated rings. The predicted octanol–water partition coefficient (Wildman–Crippen LogP) is 0.526. The van der Waals surface area contributed by atoms with E-state index in [0.717, 1.165) is 0 Å². The van der Waals surface area contributed by atoms with Crippen molar-refractivity contribution in [2.45, 2.75) is 6.54 Å². The van der Waals surface area contributed by atoms with Gasteiger partial charge in [-0.15, -0.1) is 6.42 Å². The molecule has 1 aromatic rings. The predicted molar refractivity (Wildman–Crippen MR) is 52.0 cm³/mol. The fraction of sp³-hybridized carbons (Fsp3) is 0.200. The third kappa shape index (κ3) is 2.09. The van der Waals surface area contributed by atoms with Gasteiger partial charge in [-0.05, 0) is 6.07 Å². The smallest absolute Gasteiger partial charge is 0.200 e. The molecule has 0 saturated carbocycles. The first-order valence-corrected chi connectivity index (χ1v) is 4.03. The summed E-state index contributed by atoms with van der Waals surface area (Å²) < 4.78 is 0. The Kier molecular flexibility index (Phi) is 3.21. The lowest BCUT2D eigenvalue weighted by Crippen LogP contribution is -2.12. The molecule has 14 heavy (non-hydrogen) atoms. The molecule has 0 unspecified atom stereocenters. The molecule has 0 atom stereocenters. The van der Waals surface area contributed by atoms with Gasteiger partial charge < -0.3 is 20.6 Å². The van der Waals surface area contributed by atoms with Gasteiger partial charge in [0.2, 0.25) is 5.75 Å². The first-order valence-electron chi connectivity index (χ1n) is 4.03. The standard InChI is InChI=1S/C10H11NO3/c1-2-5-11-6-7-3-4-8(12)10(14)9(7)13/h1,3-4,11-14H,5-6H2. The third-order valence-corrected chi connectivity index (χ3v) is 1.76. The van der Waals surface area contributed by atoms with Crippen LogP contribution in [0.5, 0.6) is 17.2 Å². The van der Waals surface area contributed by atoms with E-state index >= 15 is 0 Å². The van der Waals surface area contributed by atoms with Crippen molar-refractivity contribution in [3.05, 3.63) is 17.7 Å². The quantitative estimate of drug-likeness (QED) is 0.321. The summed E-state index contributed by atoms with van der Waals surface area (Å²) in [6, 6.07) is 2.82. The normalized spacial score (nSPS) is 9.64. The summed E-state index contributed by atoms with van der Waals surface area (Å²) >= 11 is 0. The van der Waals surface area contributed by atoms with Crippen LogP contribution < -0.4 is 5.32 Å². The number of terminal acetylenes is 1. The minimum Gasteiger partial charge on any atom is -0.504 e. The van der Waals surface area contributed by atoms with Gasteiger partial charge in [0.15, 0.2) is 11.5 Å². The summed E-state index contributed by atoms with van der Waals surface area (Å²) in [4.78, 5) is 0. The van der Waals surface area contributed by atoms with Crippen molar-refractivity contribution in [2.75, 3.05) is 6.54 Å². The molecule has 4 nitrogen and oxygen atoms in total. The summed E-state index contributed by atoms with van der Waals surface area (Å²) in [6.45, 7) is 0.713. The summed E-state index contributed by atoms with van der Waals surface area (Å²) in [5.74, 6) is 1.20. The van der Waals surface area contributed by atoms with Gasteiger partial charge in [-0.25, -0.2) is 0 Å². The second-order valence-corrected chi connectivity index (χ2v) is 2.75. The Hall–Kier alpha value is -1.86. The Morgan fingerprint density at radius 2 is 1.93 bits per heavy atom. The van der Waals surface area contributed by atoms with Crippen LogP contribution in [-0.4, -0.2) is 21.9 Å². The molecular formula is C10H11NO3. The molecule has 0 aliphatic rings. The number of rotatable bonds is 3. The maximum absolute atomic E-state index is 9.38. The van der Waals surface area contributed by atoms with Gasteiger partial charge in [-0.2, -0.15) is 0 Å². The first kappa shape index (κ1) is 10.2. The van der Waals surface area contributed by atoms with Gasteiger partial charge in [0.25, 0.3) is 0 Å². The highest BCUT2D eigenvalue weighted by Crippen LogP contribution is 2.36. The minimum atomic E-state index is -0.509. The molecular weight excluding hydrogens is 182 g/mol. The molecule has 4 N–H and O–H groups in total. The SMILES string of the molecule is C#CCNCc1ccc(O)c(O)c1O. The van der Waals surface area contributed by atoms with Crippen molar-refractivity contribution in [3.63, 3.8) is 0 Å². The van der Waals surface area contributed by atoms with Crippen molar-refractivity contribution in [2.24, 2.45) is 0 Å². The second kappa shape index (κ2) is 4.40. The van der Waals surface area contributed by atoms with E-state index in [1.807, 2.05) is 0 Å². The Morgan fingerprint density at radius 1 is 1.21 bits per heavy atom. The molecule has 0 bridgehead atoms. The molecule has 1 aromatic carbocycles. The second-order valence-electron chi connectivity index (χ2n) is 2.75. The molecule has 0 aliphatic carbocycles. The fourth-order valence-corrected chi connectivity index (χ4v) is 1.02. The van der Waals surface area contributed by atoms with Crippen LogP contribution in [0, 0.1) is 12.3 Å². The summed E-state index contributed by atoms with van der Waals surface area (Å²) in [7, 11) is 0. The van der Waals surface area contributed by atoms with Crippen LogP contribution in [0.3, 0.4) is 0 Å². The summed E-state index contributed by atoms with van der Waals surface area (Å²) in [5, 5.41) is 30.4. The van der Waals surface area contributed by atoms with E-state index in [-0.39, 0.29) is 11.5 Å². The van der Waals surface area contributed by atoms with Crippen molar-refractivity contribution in [1.29, 1.82) is 0 Å². The maximum atomic E-state index is 9.38. The minimum absolute atomic E-state index is 0.325. The van der Waals surface area contributed by atoms with E-state index in [0.29, 0.717) is 18.7 Å². The van der Waals surface area contributed by atoms with Crippen LogP contribution in [0.4, 0.5) is 0 Å². The Morgan fingerprint density at radius 3 is 2.57 bits per heavy atom. The van der Waals surface area contributed by atoms with Crippen molar-refractivity contribution in [3.8, 4) is 29.6 Å². The van der Waals surface area contributed by atoms with E-state index in [1.54, 1.807) is 0 Å². The van der Waals surface area contributed by atoms with Crippen molar-refractivity contribution < 1.29 is 15.3 Å². The monoisotopic (exact) mass is 193 g/mol. The van der Waals surface area contributed by atoms with Gasteiger partial charge in [0, 0.05) is 12.1 Å². The molecule has 0 aliphatic heterocycles. The molecule has 0 amide bonds. The van der Waals surface area contributed by atoms with Crippen LogP contribution in [0.25, 0.3) is 0 Å². The van der Waals surface area contributed by atoms with Crippen LogP contribution in [0.1, 0.15) is 5.56 Å². The number of hydrogen-bond acceptors (Lipinski definition) is 4. The topological polar surface area (TPSA) is 72.7 Å². The van der Waals surface area contributed by atoms with Gasteiger partial charge in [-0.1, -0.05) is 12.0 Å². The zero-order chi connectivity index (χ0) is 10.6. The number of phenols is 3. The van der Waals surface area contributed by atoms with Gasteiger partial charge in [-0.3, -0.25) is 0 Å². The van der Waals surface area contributed by atoms with E-state index in [9.17, 15) is 10.2 Å². The maximum Gasteiger partial charge on any atom is 0.200 e. The van der Waals surface area contributed by atoms with E-state index in [2.05, 4.69) is 11.2 Å². The Labute approximate surface area is 81.8 Å². The molecule has 0 saturated heterocycles. The Balaban J connectivity index is 2.79. The number of phenolic OH excluding ortho intramolecular Hbond substituents is 3. The lowest BCUT2D eigenvalue weighted by Gasteiger charge is -2.07. The van der Waals surface area contributed by atoms with E-state index in [1.165, 1.54) is 12.1 Å². The van der Waals surface area contributed by atoms with Crippen LogP contribution in [0.2, 0.25) is 0 Å². The van der Waals surface area contributed by atoms with Gasteiger partial charge in [0.1, 0.15) is 0 Å². The van der Waals surface area contributed by atoms with Crippen LogP contribution >= 0.6 is 0 Å². The number of benzene rings is 1. The molecule has 4 heteroatoms. The summed E-state index contributed by atoms with van der Waals surface area (Å²) in [6.07, 6.45) is 5.02. The van der Waals surface area contributed by atoms with Gasteiger partial charge >= 0.3 is 0 Å². The number of nitrogens with one attached hydrogen (secondary N) is 1. The molecule has 0 aromatic heterocycles. The van der Waals surface area contributed by atoms with E-state index < -0.39 is 5.75 Å². The summed E-state index contributed by atoms with van der Waals surface area (Å²) in [5.41, 5.74) is 0.482. The highest BCUT2D eigenvalue weighted by Gasteiger charge is 2.09. The lowest BCUT2D eigenvalue weighted by atomic mass is 10.1. The van der Waals surface area contributed by atoms with Crippen molar-refractivity contribution >= 4 is 0 Å². The third-order valence-electron chi connectivity index (χ3n) is 1.76. The molecule has 0 spiro atoms. The zero-order valence-electron chi connectivity index (χ0n) is 7.49. The van der Waals surface area contributed by atoms with Crippen LogP contribution in [0.15, 0.2) is 12.1 Å². The van der Waals surface area contributed by atoms with Gasteiger partial charge in [0.05, 0.1) is 6.54 Å². The average Bonchev–Trinajstić information content (AvgIpc) is 2.18.